The first kappa shape index (κ1) is 13.1. The molecule has 1 aromatic rings. The number of carbonyl (C=O) groups is 2. The van der Waals surface area contributed by atoms with E-state index in [0.29, 0.717) is 11.1 Å². The highest BCUT2D eigenvalue weighted by molar-refractivity contribution is 5.92. The minimum Gasteiger partial charge on any atom is -0.242 e. The lowest BCUT2D eigenvalue weighted by atomic mass is 9.94. The number of hydrogen-bond donors (Lipinski definition) is 0. The monoisotopic (exact) mass is 258 g/mol. The zero-order valence-electron chi connectivity index (χ0n) is 10.5. The molecule has 4 heteroatoms. The SMILES string of the molecule is CC1CC=CC=C1C(=O)OOC(=O)c1ccccc1. The lowest BCUT2D eigenvalue weighted by Gasteiger charge is -2.14. The Bertz CT molecular complexity index is 528. The van der Waals surface area contributed by atoms with Gasteiger partial charge in [-0.25, -0.2) is 19.4 Å². The molecule has 0 fully saturated rings. The van der Waals surface area contributed by atoms with Crippen molar-refractivity contribution in [1.82, 2.24) is 0 Å². The molecule has 4 nitrogen and oxygen atoms in total. The molecule has 0 bridgehead atoms. The minimum atomic E-state index is -0.687. The lowest BCUT2D eigenvalue weighted by Crippen LogP contribution is -2.17. The third kappa shape index (κ3) is 3.31. The molecule has 0 aliphatic heterocycles. The molecule has 0 aromatic heterocycles. The van der Waals surface area contributed by atoms with Gasteiger partial charge in [-0.2, -0.15) is 0 Å². The van der Waals surface area contributed by atoms with Gasteiger partial charge in [-0.05, 0) is 24.5 Å². The summed E-state index contributed by atoms with van der Waals surface area (Å²) in [4.78, 5) is 32.4. The molecule has 19 heavy (non-hydrogen) atoms. The molecular formula is C15H14O4. The van der Waals surface area contributed by atoms with Crippen molar-refractivity contribution in [1.29, 1.82) is 0 Å². The average Bonchev–Trinajstić information content (AvgIpc) is 2.46. The number of allylic oxidation sites excluding steroid dienone is 3. The van der Waals surface area contributed by atoms with Gasteiger partial charge in [-0.1, -0.05) is 43.4 Å². The van der Waals surface area contributed by atoms with E-state index in [9.17, 15) is 9.59 Å². The second kappa shape index (κ2) is 6.00. The van der Waals surface area contributed by atoms with Crippen LogP contribution in [0.5, 0.6) is 0 Å². The van der Waals surface area contributed by atoms with Gasteiger partial charge in [0.1, 0.15) is 0 Å². The Morgan fingerprint density at radius 1 is 1.11 bits per heavy atom. The van der Waals surface area contributed by atoms with Crippen LogP contribution in [0, 0.1) is 5.92 Å². The molecule has 1 atom stereocenters. The van der Waals surface area contributed by atoms with Crippen LogP contribution in [0.3, 0.4) is 0 Å². The fraction of sp³-hybridized carbons (Fsp3) is 0.200. The Kier molecular flexibility index (Phi) is 4.13. The third-order valence-electron chi connectivity index (χ3n) is 2.87. The largest absolute Gasteiger partial charge is 0.386 e. The molecule has 0 spiro atoms. The minimum absolute atomic E-state index is 0.0629. The highest BCUT2D eigenvalue weighted by Gasteiger charge is 2.21. The second-order valence-electron chi connectivity index (χ2n) is 4.29. The smallest absolute Gasteiger partial charge is 0.242 e. The van der Waals surface area contributed by atoms with Crippen LogP contribution < -0.4 is 0 Å². The van der Waals surface area contributed by atoms with Gasteiger partial charge in [-0.15, -0.1) is 0 Å². The Morgan fingerprint density at radius 2 is 1.79 bits per heavy atom. The molecule has 1 unspecified atom stereocenters. The molecule has 0 saturated heterocycles. The summed E-state index contributed by atoms with van der Waals surface area (Å²) >= 11 is 0. The molecule has 98 valence electrons. The topological polar surface area (TPSA) is 52.6 Å². The summed E-state index contributed by atoms with van der Waals surface area (Å²) in [7, 11) is 0. The predicted octanol–water partition coefficient (Wildman–Crippen LogP) is 2.82. The van der Waals surface area contributed by atoms with Gasteiger partial charge < -0.3 is 0 Å². The van der Waals surface area contributed by atoms with Crippen molar-refractivity contribution in [2.24, 2.45) is 5.92 Å². The van der Waals surface area contributed by atoms with E-state index in [1.165, 1.54) is 0 Å². The van der Waals surface area contributed by atoms with E-state index in [0.717, 1.165) is 6.42 Å². The maximum Gasteiger partial charge on any atom is 0.386 e. The van der Waals surface area contributed by atoms with Crippen molar-refractivity contribution in [3.8, 4) is 0 Å². The summed E-state index contributed by atoms with van der Waals surface area (Å²) in [5.74, 6) is -1.25. The van der Waals surface area contributed by atoms with E-state index >= 15 is 0 Å². The van der Waals surface area contributed by atoms with Gasteiger partial charge in [0.15, 0.2) is 0 Å². The molecule has 0 radical (unpaired) electrons. The Morgan fingerprint density at radius 3 is 2.47 bits per heavy atom. The summed E-state index contributed by atoms with van der Waals surface area (Å²) in [5, 5.41) is 0. The van der Waals surface area contributed by atoms with E-state index in [1.54, 1.807) is 42.5 Å². The molecule has 1 aliphatic carbocycles. The number of benzene rings is 1. The van der Waals surface area contributed by atoms with Gasteiger partial charge >= 0.3 is 11.9 Å². The lowest BCUT2D eigenvalue weighted by molar-refractivity contribution is -0.229. The molecule has 0 amide bonds. The van der Waals surface area contributed by atoms with Gasteiger partial charge in [0, 0.05) is 5.57 Å². The maximum atomic E-state index is 11.7. The number of rotatable bonds is 2. The second-order valence-corrected chi connectivity index (χ2v) is 4.29. The fourth-order valence-corrected chi connectivity index (χ4v) is 1.76. The highest BCUT2D eigenvalue weighted by atomic mass is 17.2. The molecule has 0 N–H and O–H groups in total. The van der Waals surface area contributed by atoms with Crippen LogP contribution in [-0.4, -0.2) is 11.9 Å². The molecule has 1 aliphatic rings. The van der Waals surface area contributed by atoms with Crippen LogP contribution in [0.2, 0.25) is 0 Å². The maximum absolute atomic E-state index is 11.7. The summed E-state index contributed by atoms with van der Waals surface area (Å²) < 4.78 is 0. The number of carbonyl (C=O) groups excluding carboxylic acids is 2. The van der Waals surface area contributed by atoms with Crippen molar-refractivity contribution in [2.45, 2.75) is 13.3 Å². The fourth-order valence-electron chi connectivity index (χ4n) is 1.76. The zero-order valence-corrected chi connectivity index (χ0v) is 10.5. The van der Waals surface area contributed by atoms with E-state index in [1.807, 2.05) is 13.0 Å². The standard InChI is InChI=1S/C15H14O4/c1-11-7-5-6-10-13(11)15(17)19-18-14(16)12-8-3-2-4-9-12/h2-6,8-11H,7H2,1H3. The van der Waals surface area contributed by atoms with Gasteiger partial charge in [0.25, 0.3) is 0 Å². The predicted molar refractivity (Wildman–Crippen MR) is 69.0 cm³/mol. The van der Waals surface area contributed by atoms with E-state index in [4.69, 9.17) is 0 Å². The molecule has 0 heterocycles. The first-order valence-corrected chi connectivity index (χ1v) is 6.03. The van der Waals surface area contributed by atoms with E-state index < -0.39 is 11.9 Å². The van der Waals surface area contributed by atoms with Crippen molar-refractivity contribution in [3.63, 3.8) is 0 Å². The van der Waals surface area contributed by atoms with Gasteiger partial charge in [-0.3, -0.25) is 0 Å². The van der Waals surface area contributed by atoms with Crippen LogP contribution in [0.15, 0.2) is 54.1 Å². The highest BCUT2D eigenvalue weighted by Crippen LogP contribution is 2.21. The quantitative estimate of drug-likeness (QED) is 0.604. The summed E-state index contributed by atoms with van der Waals surface area (Å²) in [5.41, 5.74) is 0.837. The molecule has 2 rings (SSSR count). The average molecular weight is 258 g/mol. The molecule has 1 aromatic carbocycles. The summed E-state index contributed by atoms with van der Waals surface area (Å²) in [6.45, 7) is 1.91. The first-order valence-electron chi connectivity index (χ1n) is 6.03. The summed E-state index contributed by atoms with van der Waals surface area (Å²) in [6, 6.07) is 8.36. The molecular weight excluding hydrogens is 244 g/mol. The Balaban J connectivity index is 1.92. The van der Waals surface area contributed by atoms with Crippen molar-refractivity contribution < 1.29 is 19.4 Å². The molecule has 0 saturated carbocycles. The van der Waals surface area contributed by atoms with Crippen LogP contribution in [0.4, 0.5) is 0 Å². The van der Waals surface area contributed by atoms with Gasteiger partial charge in [0.05, 0.1) is 5.56 Å². The normalized spacial score (nSPS) is 17.5. The Labute approximate surface area is 111 Å². The number of hydrogen-bond acceptors (Lipinski definition) is 4. The summed E-state index contributed by atoms with van der Waals surface area (Å²) in [6.07, 6.45) is 6.20. The van der Waals surface area contributed by atoms with E-state index in [2.05, 4.69) is 9.78 Å². The van der Waals surface area contributed by atoms with Crippen LogP contribution >= 0.6 is 0 Å². The third-order valence-corrected chi connectivity index (χ3v) is 2.87. The van der Waals surface area contributed by atoms with E-state index in [-0.39, 0.29) is 5.92 Å². The van der Waals surface area contributed by atoms with Crippen molar-refractivity contribution >= 4 is 11.9 Å². The van der Waals surface area contributed by atoms with Crippen molar-refractivity contribution in [3.05, 3.63) is 59.7 Å². The van der Waals surface area contributed by atoms with Crippen LogP contribution in [-0.2, 0) is 14.6 Å². The van der Waals surface area contributed by atoms with Crippen LogP contribution in [0.1, 0.15) is 23.7 Å². The first-order chi connectivity index (χ1) is 9.18. The van der Waals surface area contributed by atoms with Crippen molar-refractivity contribution in [2.75, 3.05) is 0 Å². The Hall–Kier alpha value is -2.36. The van der Waals surface area contributed by atoms with Crippen LogP contribution in [0.25, 0.3) is 0 Å². The zero-order chi connectivity index (χ0) is 13.7. The van der Waals surface area contributed by atoms with Gasteiger partial charge in [0.2, 0.25) is 0 Å².